The Kier molecular flexibility index (Phi) is 3.23. The first-order valence-electron chi connectivity index (χ1n) is 6.58. The number of hydrogen-bond donors (Lipinski definition) is 1. The Balaban J connectivity index is 1.67. The summed E-state index contributed by atoms with van der Waals surface area (Å²) in [5.74, 6) is 0. The summed E-state index contributed by atoms with van der Waals surface area (Å²) in [7, 11) is 0. The number of piperazine rings is 1. The monoisotopic (exact) mass is 254 g/mol. The average molecular weight is 254 g/mol. The first kappa shape index (κ1) is 11.8. The van der Waals surface area contributed by atoms with Crippen molar-refractivity contribution in [2.45, 2.75) is 0 Å². The van der Waals surface area contributed by atoms with Crippen LogP contribution in [-0.2, 0) is 0 Å². The number of nitrogens with zero attached hydrogens (tertiary/aromatic N) is 3. The van der Waals surface area contributed by atoms with E-state index in [4.69, 9.17) is 5.73 Å². The number of benzene rings is 1. The van der Waals surface area contributed by atoms with E-state index < -0.39 is 0 Å². The largest absolute Gasteiger partial charge is 0.399 e. The van der Waals surface area contributed by atoms with E-state index in [2.05, 4.69) is 33.0 Å². The third-order valence-corrected chi connectivity index (χ3v) is 3.54. The van der Waals surface area contributed by atoms with Crippen molar-refractivity contribution in [3.05, 3.63) is 48.8 Å². The molecule has 0 radical (unpaired) electrons. The Hall–Kier alpha value is -2.23. The first-order valence-corrected chi connectivity index (χ1v) is 6.58. The molecule has 98 valence electrons. The number of pyridine rings is 1. The number of hydrogen-bond acceptors (Lipinski definition) is 4. The van der Waals surface area contributed by atoms with Crippen LogP contribution in [0.25, 0.3) is 0 Å². The van der Waals surface area contributed by atoms with Gasteiger partial charge in [-0.1, -0.05) is 6.07 Å². The van der Waals surface area contributed by atoms with Crippen LogP contribution in [0.4, 0.5) is 17.1 Å². The van der Waals surface area contributed by atoms with Crippen LogP contribution >= 0.6 is 0 Å². The Morgan fingerprint density at radius 1 is 0.842 bits per heavy atom. The highest BCUT2D eigenvalue weighted by Crippen LogP contribution is 2.21. The molecular weight excluding hydrogens is 236 g/mol. The fourth-order valence-electron chi connectivity index (χ4n) is 2.50. The van der Waals surface area contributed by atoms with Crippen molar-refractivity contribution < 1.29 is 0 Å². The van der Waals surface area contributed by atoms with Crippen LogP contribution in [0.3, 0.4) is 0 Å². The molecule has 1 aromatic heterocycles. The molecule has 1 aliphatic heterocycles. The molecule has 1 fully saturated rings. The van der Waals surface area contributed by atoms with Gasteiger partial charge in [-0.3, -0.25) is 4.98 Å². The summed E-state index contributed by atoms with van der Waals surface area (Å²) in [4.78, 5) is 8.84. The van der Waals surface area contributed by atoms with Gasteiger partial charge in [0.2, 0.25) is 0 Å². The second-order valence-corrected chi connectivity index (χ2v) is 4.77. The molecule has 0 atom stereocenters. The molecule has 1 aromatic carbocycles. The predicted octanol–water partition coefficient (Wildman–Crippen LogP) is 1.99. The van der Waals surface area contributed by atoms with E-state index >= 15 is 0 Å². The molecule has 2 heterocycles. The van der Waals surface area contributed by atoms with Gasteiger partial charge in [-0.25, -0.2) is 0 Å². The molecule has 0 unspecified atom stereocenters. The van der Waals surface area contributed by atoms with Gasteiger partial charge in [0.25, 0.3) is 0 Å². The van der Waals surface area contributed by atoms with Gasteiger partial charge in [-0.15, -0.1) is 0 Å². The van der Waals surface area contributed by atoms with Crippen molar-refractivity contribution in [3.63, 3.8) is 0 Å². The lowest BCUT2D eigenvalue weighted by Crippen LogP contribution is -2.46. The van der Waals surface area contributed by atoms with Gasteiger partial charge >= 0.3 is 0 Å². The van der Waals surface area contributed by atoms with Crippen molar-refractivity contribution in [2.75, 3.05) is 41.7 Å². The van der Waals surface area contributed by atoms with Gasteiger partial charge in [0.1, 0.15) is 0 Å². The third-order valence-electron chi connectivity index (χ3n) is 3.54. The first-order chi connectivity index (χ1) is 9.33. The van der Waals surface area contributed by atoms with Crippen molar-refractivity contribution in [2.24, 2.45) is 0 Å². The molecule has 0 bridgehead atoms. The molecule has 4 nitrogen and oxygen atoms in total. The lowest BCUT2D eigenvalue weighted by atomic mass is 10.2. The normalized spacial score (nSPS) is 15.6. The maximum atomic E-state index is 5.84. The van der Waals surface area contributed by atoms with Crippen LogP contribution in [0.1, 0.15) is 0 Å². The average Bonchev–Trinajstić information content (AvgIpc) is 2.48. The maximum Gasteiger partial charge on any atom is 0.0398 e. The molecule has 1 saturated heterocycles. The van der Waals surface area contributed by atoms with Gasteiger partial charge in [-0.05, 0) is 30.3 Å². The summed E-state index contributed by atoms with van der Waals surface area (Å²) >= 11 is 0. The van der Waals surface area contributed by atoms with Crippen LogP contribution in [0.15, 0.2) is 48.8 Å². The van der Waals surface area contributed by atoms with E-state index in [9.17, 15) is 0 Å². The highest BCUT2D eigenvalue weighted by Gasteiger charge is 2.17. The standard InChI is InChI=1S/C15H18N4/c16-13-2-1-3-15(12-13)19-10-8-18(9-11-19)14-4-6-17-7-5-14/h1-7,12H,8-11,16H2. The van der Waals surface area contributed by atoms with Crippen molar-refractivity contribution >= 4 is 17.1 Å². The lowest BCUT2D eigenvalue weighted by molar-refractivity contribution is 0.653. The number of aromatic nitrogens is 1. The minimum Gasteiger partial charge on any atom is -0.399 e. The molecule has 4 heteroatoms. The fraction of sp³-hybridized carbons (Fsp3) is 0.267. The van der Waals surface area contributed by atoms with E-state index in [0.717, 1.165) is 31.9 Å². The third kappa shape index (κ3) is 2.62. The molecule has 0 aliphatic carbocycles. The molecule has 2 aromatic rings. The summed E-state index contributed by atoms with van der Waals surface area (Å²) in [6, 6.07) is 12.2. The van der Waals surface area contributed by atoms with E-state index in [0.29, 0.717) is 0 Å². The Labute approximate surface area is 113 Å². The molecule has 2 N–H and O–H groups in total. The number of anilines is 3. The number of nitrogen functional groups attached to an aromatic ring is 1. The highest BCUT2D eigenvalue weighted by atomic mass is 15.3. The zero-order chi connectivity index (χ0) is 13.1. The van der Waals surface area contributed by atoms with Gasteiger partial charge in [0.05, 0.1) is 0 Å². The van der Waals surface area contributed by atoms with Gasteiger partial charge < -0.3 is 15.5 Å². The quantitative estimate of drug-likeness (QED) is 0.833. The van der Waals surface area contributed by atoms with E-state index in [1.165, 1.54) is 11.4 Å². The second-order valence-electron chi connectivity index (χ2n) is 4.77. The predicted molar refractivity (Wildman–Crippen MR) is 79.5 cm³/mol. The van der Waals surface area contributed by atoms with Crippen molar-refractivity contribution in [1.82, 2.24) is 4.98 Å². The van der Waals surface area contributed by atoms with Gasteiger partial charge in [0.15, 0.2) is 0 Å². The Morgan fingerprint density at radius 3 is 2.11 bits per heavy atom. The molecular formula is C15H18N4. The molecule has 19 heavy (non-hydrogen) atoms. The SMILES string of the molecule is Nc1cccc(N2CCN(c3ccncc3)CC2)c1. The lowest BCUT2D eigenvalue weighted by Gasteiger charge is -2.37. The molecule has 0 spiro atoms. The van der Waals surface area contributed by atoms with Gasteiger partial charge in [0, 0.05) is 55.6 Å². The topological polar surface area (TPSA) is 45.4 Å². The summed E-state index contributed by atoms with van der Waals surface area (Å²) in [5, 5.41) is 0. The Bertz CT molecular complexity index is 533. The summed E-state index contributed by atoms with van der Waals surface area (Å²) in [5.41, 5.74) is 9.14. The summed E-state index contributed by atoms with van der Waals surface area (Å²) in [6.07, 6.45) is 3.69. The van der Waals surface area contributed by atoms with E-state index in [-0.39, 0.29) is 0 Å². The van der Waals surface area contributed by atoms with Crippen LogP contribution in [0.5, 0.6) is 0 Å². The zero-order valence-electron chi connectivity index (χ0n) is 10.9. The van der Waals surface area contributed by atoms with Crippen LogP contribution in [0.2, 0.25) is 0 Å². The minimum absolute atomic E-state index is 0.828. The highest BCUT2D eigenvalue weighted by molar-refractivity contribution is 5.57. The van der Waals surface area contributed by atoms with Gasteiger partial charge in [-0.2, -0.15) is 0 Å². The molecule has 1 aliphatic rings. The second kappa shape index (κ2) is 5.18. The summed E-state index contributed by atoms with van der Waals surface area (Å²) in [6.45, 7) is 4.09. The van der Waals surface area contributed by atoms with E-state index in [1.54, 1.807) is 0 Å². The fourth-order valence-corrected chi connectivity index (χ4v) is 2.50. The minimum atomic E-state index is 0.828. The molecule has 0 amide bonds. The molecule has 0 saturated carbocycles. The Morgan fingerprint density at radius 2 is 1.47 bits per heavy atom. The van der Waals surface area contributed by atoms with E-state index in [1.807, 2.05) is 30.6 Å². The molecule has 3 rings (SSSR count). The number of rotatable bonds is 2. The van der Waals surface area contributed by atoms with Crippen LogP contribution < -0.4 is 15.5 Å². The van der Waals surface area contributed by atoms with Crippen LogP contribution in [0, 0.1) is 0 Å². The number of nitrogens with two attached hydrogens (primary N) is 1. The smallest absolute Gasteiger partial charge is 0.0398 e. The van der Waals surface area contributed by atoms with Crippen molar-refractivity contribution in [1.29, 1.82) is 0 Å². The van der Waals surface area contributed by atoms with Crippen molar-refractivity contribution in [3.8, 4) is 0 Å². The summed E-state index contributed by atoms with van der Waals surface area (Å²) < 4.78 is 0. The van der Waals surface area contributed by atoms with Crippen LogP contribution in [-0.4, -0.2) is 31.2 Å². The maximum absolute atomic E-state index is 5.84. The zero-order valence-corrected chi connectivity index (χ0v) is 10.9.